The number of carbonyl (C=O) groups excluding carboxylic acids is 2. The number of hydrogen-bond acceptors (Lipinski definition) is 4. The van der Waals surface area contributed by atoms with E-state index in [0.29, 0.717) is 0 Å². The van der Waals surface area contributed by atoms with E-state index in [0.717, 1.165) is 0 Å². The number of esters is 1. The lowest BCUT2D eigenvalue weighted by Crippen LogP contribution is -2.27. The molecule has 0 saturated carbocycles. The van der Waals surface area contributed by atoms with Gasteiger partial charge in [0.1, 0.15) is 0 Å². The van der Waals surface area contributed by atoms with Crippen molar-refractivity contribution in [1.29, 1.82) is 0 Å². The van der Waals surface area contributed by atoms with E-state index in [1.165, 1.54) is 24.5 Å². The molecule has 0 atom stereocenters. The fraction of sp³-hybridized carbons (Fsp3) is 0.200. The van der Waals surface area contributed by atoms with Crippen LogP contribution < -0.4 is 0 Å². The van der Waals surface area contributed by atoms with Crippen LogP contribution in [0.3, 0.4) is 0 Å². The van der Waals surface area contributed by atoms with Gasteiger partial charge in [-0.15, -0.1) is 0 Å². The van der Waals surface area contributed by atoms with E-state index >= 15 is 0 Å². The van der Waals surface area contributed by atoms with E-state index < -0.39 is 17.5 Å². The van der Waals surface area contributed by atoms with Crippen molar-refractivity contribution in [3.05, 3.63) is 35.6 Å². The summed E-state index contributed by atoms with van der Waals surface area (Å²) in [4.78, 5) is 29.3. The van der Waals surface area contributed by atoms with Gasteiger partial charge in [0.25, 0.3) is 5.78 Å². The van der Waals surface area contributed by atoms with Crippen LogP contribution in [0.1, 0.15) is 17.3 Å². The van der Waals surface area contributed by atoms with Crippen molar-refractivity contribution in [2.45, 2.75) is 6.92 Å². The monoisotopic (exact) mass is 219 g/mol. The summed E-state index contributed by atoms with van der Waals surface area (Å²) in [6, 6.07) is 2.99. The first kappa shape index (κ1) is 11.7. The van der Waals surface area contributed by atoms with E-state index in [1.807, 2.05) is 0 Å². The lowest BCUT2D eigenvalue weighted by molar-refractivity contribution is -0.139. The molecule has 0 radical (unpaired) electrons. The van der Waals surface area contributed by atoms with Crippen molar-refractivity contribution in [1.82, 2.24) is 4.98 Å². The minimum atomic E-state index is -0.959. The maximum atomic E-state index is 11.7. The summed E-state index contributed by atoms with van der Waals surface area (Å²) in [5, 5.41) is 0. The molecule has 0 unspecified atom stereocenters. The van der Waals surface area contributed by atoms with E-state index in [2.05, 4.69) is 14.5 Å². The fourth-order valence-electron chi connectivity index (χ4n) is 1.01. The van der Waals surface area contributed by atoms with Gasteiger partial charge in [-0.2, -0.15) is 4.79 Å². The SMILES string of the molecule is CCOC(=O)C(=[N+]=[N-])C(=O)c1cccnc1. The minimum absolute atomic E-state index is 0.0954. The lowest BCUT2D eigenvalue weighted by atomic mass is 10.1. The first-order valence-electron chi connectivity index (χ1n) is 4.54. The molecular weight excluding hydrogens is 210 g/mol. The molecule has 0 bridgehead atoms. The quantitative estimate of drug-likeness (QED) is 0.184. The number of ketones is 1. The molecular formula is C10H9N3O3. The summed E-state index contributed by atoms with van der Waals surface area (Å²) < 4.78 is 4.57. The van der Waals surface area contributed by atoms with Crippen molar-refractivity contribution in [2.75, 3.05) is 6.61 Å². The highest BCUT2D eigenvalue weighted by molar-refractivity contribution is 6.65. The number of Topliss-reactive ketones (excluding diaryl/α,β-unsaturated/α-hetero) is 1. The number of carbonyl (C=O) groups is 2. The third-order valence-corrected chi connectivity index (χ3v) is 1.71. The van der Waals surface area contributed by atoms with Crippen molar-refractivity contribution < 1.29 is 19.1 Å². The molecule has 0 fully saturated rings. The van der Waals surface area contributed by atoms with Crippen molar-refractivity contribution >= 4 is 17.5 Å². The van der Waals surface area contributed by atoms with Gasteiger partial charge in [0.15, 0.2) is 0 Å². The number of rotatable bonds is 4. The van der Waals surface area contributed by atoms with Gasteiger partial charge in [-0.3, -0.25) is 9.78 Å². The standard InChI is InChI=1S/C10H9N3O3/c1-2-16-10(15)8(13-11)9(14)7-4-3-5-12-6-7/h3-6H,2H2,1H3. The van der Waals surface area contributed by atoms with Gasteiger partial charge in [0, 0.05) is 18.0 Å². The van der Waals surface area contributed by atoms with Crippen LogP contribution in [-0.4, -0.2) is 33.8 Å². The lowest BCUT2D eigenvalue weighted by Gasteiger charge is -1.96. The Kier molecular flexibility index (Phi) is 4.06. The molecule has 1 rings (SSSR count). The molecule has 0 aliphatic rings. The molecule has 0 aliphatic heterocycles. The van der Waals surface area contributed by atoms with E-state index in [1.54, 1.807) is 6.92 Å². The second-order valence-corrected chi connectivity index (χ2v) is 2.74. The third kappa shape index (κ3) is 2.59. The average Bonchev–Trinajstić information content (AvgIpc) is 2.31. The molecule has 16 heavy (non-hydrogen) atoms. The van der Waals surface area contributed by atoms with Crippen molar-refractivity contribution in [2.24, 2.45) is 0 Å². The second-order valence-electron chi connectivity index (χ2n) is 2.74. The summed E-state index contributed by atoms with van der Waals surface area (Å²) in [7, 11) is 0. The number of pyridine rings is 1. The van der Waals surface area contributed by atoms with Gasteiger partial charge in [-0.25, -0.2) is 4.79 Å². The Balaban J connectivity index is 2.96. The Bertz CT molecular complexity index is 450. The molecule has 0 amide bonds. The summed E-state index contributed by atoms with van der Waals surface area (Å²) in [6.45, 7) is 1.68. The molecule has 0 N–H and O–H groups in total. The van der Waals surface area contributed by atoms with Crippen LogP contribution in [0.5, 0.6) is 0 Å². The highest BCUT2D eigenvalue weighted by atomic mass is 16.5. The Morgan fingerprint density at radius 3 is 2.81 bits per heavy atom. The molecule has 1 aromatic rings. The summed E-state index contributed by atoms with van der Waals surface area (Å²) >= 11 is 0. The second kappa shape index (κ2) is 5.53. The van der Waals surface area contributed by atoms with E-state index in [4.69, 9.17) is 5.53 Å². The first-order chi connectivity index (χ1) is 7.70. The molecule has 1 heterocycles. The van der Waals surface area contributed by atoms with Gasteiger partial charge in [-0.05, 0) is 19.1 Å². The summed E-state index contributed by atoms with van der Waals surface area (Å²) in [6.07, 6.45) is 2.75. The molecule has 0 aromatic carbocycles. The first-order valence-corrected chi connectivity index (χ1v) is 4.54. The zero-order valence-corrected chi connectivity index (χ0v) is 8.58. The van der Waals surface area contributed by atoms with Gasteiger partial charge >= 0.3 is 11.7 Å². The van der Waals surface area contributed by atoms with E-state index in [9.17, 15) is 9.59 Å². The van der Waals surface area contributed by atoms with Crippen LogP contribution in [-0.2, 0) is 9.53 Å². The largest absolute Gasteiger partial charge is 0.457 e. The summed E-state index contributed by atoms with van der Waals surface area (Å²) in [5.41, 5.74) is 8.10. The fourth-order valence-corrected chi connectivity index (χ4v) is 1.01. The molecule has 6 nitrogen and oxygen atoms in total. The maximum absolute atomic E-state index is 11.7. The maximum Gasteiger partial charge on any atom is 0.446 e. The van der Waals surface area contributed by atoms with Gasteiger partial charge < -0.3 is 10.3 Å². The van der Waals surface area contributed by atoms with Gasteiger partial charge in [-0.1, -0.05) is 0 Å². The van der Waals surface area contributed by atoms with Crippen LogP contribution in [0.4, 0.5) is 0 Å². The zero-order chi connectivity index (χ0) is 12.0. The van der Waals surface area contributed by atoms with E-state index in [-0.39, 0.29) is 12.2 Å². The molecule has 82 valence electrons. The van der Waals surface area contributed by atoms with Crippen LogP contribution in [0, 0.1) is 0 Å². The Morgan fingerprint density at radius 1 is 1.56 bits per heavy atom. The summed E-state index contributed by atoms with van der Waals surface area (Å²) in [5.74, 6) is -1.69. The number of aromatic nitrogens is 1. The average molecular weight is 219 g/mol. The zero-order valence-electron chi connectivity index (χ0n) is 8.58. The normalized spacial score (nSPS) is 9.06. The van der Waals surface area contributed by atoms with Gasteiger partial charge in [0.2, 0.25) is 0 Å². The number of ether oxygens (including phenoxy) is 1. The van der Waals surface area contributed by atoms with Crippen LogP contribution in [0.2, 0.25) is 0 Å². The van der Waals surface area contributed by atoms with Crippen LogP contribution >= 0.6 is 0 Å². The molecule has 0 spiro atoms. The smallest absolute Gasteiger partial charge is 0.446 e. The predicted octanol–water partition coefficient (Wildman–Crippen LogP) is 0.498. The Hall–Kier alpha value is -2.33. The van der Waals surface area contributed by atoms with Crippen molar-refractivity contribution in [3.63, 3.8) is 0 Å². The minimum Gasteiger partial charge on any atom is -0.457 e. The van der Waals surface area contributed by atoms with Gasteiger partial charge in [0.05, 0.1) is 6.61 Å². The number of hydrogen-bond donors (Lipinski definition) is 0. The molecule has 1 aromatic heterocycles. The Labute approximate surface area is 91.5 Å². The highest BCUT2D eigenvalue weighted by Gasteiger charge is 2.32. The topological polar surface area (TPSA) is 92.7 Å². The predicted molar refractivity (Wildman–Crippen MR) is 53.8 cm³/mol. The number of nitrogens with zero attached hydrogens (tertiary/aromatic N) is 3. The van der Waals surface area contributed by atoms with Crippen molar-refractivity contribution in [3.8, 4) is 0 Å². The molecule has 0 saturated heterocycles. The highest BCUT2D eigenvalue weighted by Crippen LogP contribution is 1.99. The third-order valence-electron chi connectivity index (χ3n) is 1.71. The van der Waals surface area contributed by atoms with Crippen LogP contribution in [0.15, 0.2) is 24.5 Å². The Morgan fingerprint density at radius 2 is 2.31 bits per heavy atom. The molecule has 6 heteroatoms. The molecule has 0 aliphatic carbocycles. The van der Waals surface area contributed by atoms with Crippen LogP contribution in [0.25, 0.3) is 5.53 Å².